The standard InChI is InChI=1S/C12H25NO2/c1-4-7-10(8-5-2)13-11(9-6-3)12(14)15/h10-11,13H,4-9H2,1-3H3,(H,14,15)/t11-/m0/s1. The van der Waals surface area contributed by atoms with Gasteiger partial charge in [-0.1, -0.05) is 40.0 Å². The predicted molar refractivity (Wildman–Crippen MR) is 63.1 cm³/mol. The molecule has 0 saturated heterocycles. The van der Waals surface area contributed by atoms with Crippen LogP contribution in [-0.4, -0.2) is 23.2 Å². The van der Waals surface area contributed by atoms with E-state index in [0.717, 1.165) is 38.5 Å². The molecule has 0 aliphatic carbocycles. The van der Waals surface area contributed by atoms with E-state index in [1.807, 2.05) is 6.92 Å². The zero-order valence-electron chi connectivity index (χ0n) is 10.3. The van der Waals surface area contributed by atoms with Gasteiger partial charge in [0.15, 0.2) is 0 Å². The van der Waals surface area contributed by atoms with Crippen LogP contribution in [-0.2, 0) is 4.79 Å². The first kappa shape index (κ1) is 14.4. The van der Waals surface area contributed by atoms with Gasteiger partial charge in [-0.3, -0.25) is 4.79 Å². The molecule has 3 nitrogen and oxygen atoms in total. The molecule has 0 aromatic heterocycles. The Labute approximate surface area is 93.3 Å². The lowest BCUT2D eigenvalue weighted by Gasteiger charge is -2.22. The van der Waals surface area contributed by atoms with E-state index in [9.17, 15) is 4.79 Å². The molecule has 90 valence electrons. The minimum Gasteiger partial charge on any atom is -0.480 e. The van der Waals surface area contributed by atoms with E-state index in [2.05, 4.69) is 19.2 Å². The molecule has 0 rings (SSSR count). The van der Waals surface area contributed by atoms with Crippen LogP contribution in [0.25, 0.3) is 0 Å². The molecular weight excluding hydrogens is 190 g/mol. The van der Waals surface area contributed by atoms with Crippen molar-refractivity contribution in [1.82, 2.24) is 5.32 Å². The first-order chi connectivity index (χ1) is 7.15. The van der Waals surface area contributed by atoms with Crippen molar-refractivity contribution < 1.29 is 9.90 Å². The zero-order chi connectivity index (χ0) is 11.7. The van der Waals surface area contributed by atoms with Gasteiger partial charge in [-0.15, -0.1) is 0 Å². The summed E-state index contributed by atoms with van der Waals surface area (Å²) in [7, 11) is 0. The molecule has 0 aliphatic rings. The molecule has 0 unspecified atom stereocenters. The molecule has 0 aromatic carbocycles. The molecule has 0 radical (unpaired) electrons. The Kier molecular flexibility index (Phi) is 8.38. The highest BCUT2D eigenvalue weighted by molar-refractivity contribution is 5.73. The second-order valence-corrected chi connectivity index (χ2v) is 4.12. The van der Waals surface area contributed by atoms with Gasteiger partial charge in [-0.2, -0.15) is 0 Å². The van der Waals surface area contributed by atoms with Crippen LogP contribution in [0.5, 0.6) is 0 Å². The lowest BCUT2D eigenvalue weighted by molar-refractivity contribution is -0.140. The molecule has 1 atom stereocenters. The van der Waals surface area contributed by atoms with Gasteiger partial charge in [0.2, 0.25) is 0 Å². The monoisotopic (exact) mass is 215 g/mol. The lowest BCUT2D eigenvalue weighted by Crippen LogP contribution is -2.43. The molecule has 0 heterocycles. The van der Waals surface area contributed by atoms with E-state index in [1.165, 1.54) is 0 Å². The fourth-order valence-corrected chi connectivity index (χ4v) is 1.86. The summed E-state index contributed by atoms with van der Waals surface area (Å²) in [5.41, 5.74) is 0. The van der Waals surface area contributed by atoms with Gasteiger partial charge in [-0.25, -0.2) is 0 Å². The van der Waals surface area contributed by atoms with E-state index in [1.54, 1.807) is 0 Å². The number of hydrogen-bond donors (Lipinski definition) is 2. The Balaban J connectivity index is 4.12. The van der Waals surface area contributed by atoms with Crippen LogP contribution in [0.3, 0.4) is 0 Å². The minimum absolute atomic E-state index is 0.363. The summed E-state index contributed by atoms with van der Waals surface area (Å²) >= 11 is 0. The topological polar surface area (TPSA) is 49.3 Å². The third-order valence-corrected chi connectivity index (χ3v) is 2.59. The third-order valence-electron chi connectivity index (χ3n) is 2.59. The Morgan fingerprint density at radius 2 is 1.53 bits per heavy atom. The average Bonchev–Trinajstić information content (AvgIpc) is 2.17. The average molecular weight is 215 g/mol. The quantitative estimate of drug-likeness (QED) is 0.622. The van der Waals surface area contributed by atoms with Crippen molar-refractivity contribution in [2.45, 2.75) is 71.4 Å². The number of carboxylic acid groups (broad SMARTS) is 1. The molecule has 0 aliphatic heterocycles. The highest BCUT2D eigenvalue weighted by atomic mass is 16.4. The zero-order valence-corrected chi connectivity index (χ0v) is 10.3. The normalized spacial score (nSPS) is 13.1. The van der Waals surface area contributed by atoms with Crippen molar-refractivity contribution in [3.63, 3.8) is 0 Å². The molecular formula is C12H25NO2. The Morgan fingerprint density at radius 1 is 1.07 bits per heavy atom. The van der Waals surface area contributed by atoms with Gasteiger partial charge in [0, 0.05) is 6.04 Å². The van der Waals surface area contributed by atoms with Crippen LogP contribution in [0.4, 0.5) is 0 Å². The van der Waals surface area contributed by atoms with Gasteiger partial charge in [-0.05, 0) is 19.3 Å². The van der Waals surface area contributed by atoms with E-state index >= 15 is 0 Å². The van der Waals surface area contributed by atoms with Crippen molar-refractivity contribution in [2.24, 2.45) is 0 Å². The maximum Gasteiger partial charge on any atom is 0.320 e. The number of nitrogens with one attached hydrogen (secondary N) is 1. The molecule has 0 aromatic rings. The Morgan fingerprint density at radius 3 is 1.87 bits per heavy atom. The maximum absolute atomic E-state index is 11.0. The maximum atomic E-state index is 11.0. The second-order valence-electron chi connectivity index (χ2n) is 4.12. The van der Waals surface area contributed by atoms with Crippen molar-refractivity contribution in [1.29, 1.82) is 0 Å². The summed E-state index contributed by atoms with van der Waals surface area (Å²) in [5.74, 6) is -0.714. The number of aliphatic carboxylic acids is 1. The summed E-state index contributed by atoms with van der Waals surface area (Å²) in [4.78, 5) is 11.0. The highest BCUT2D eigenvalue weighted by Crippen LogP contribution is 2.08. The third kappa shape index (κ3) is 6.50. The Bertz CT molecular complexity index is 165. The number of rotatable bonds is 9. The smallest absolute Gasteiger partial charge is 0.320 e. The van der Waals surface area contributed by atoms with E-state index in [0.29, 0.717) is 6.04 Å². The van der Waals surface area contributed by atoms with Gasteiger partial charge in [0.05, 0.1) is 0 Å². The predicted octanol–water partition coefficient (Wildman–Crippen LogP) is 2.80. The first-order valence-corrected chi connectivity index (χ1v) is 6.14. The van der Waals surface area contributed by atoms with Gasteiger partial charge in [0.25, 0.3) is 0 Å². The number of carboxylic acids is 1. The van der Waals surface area contributed by atoms with Gasteiger partial charge in [0.1, 0.15) is 6.04 Å². The van der Waals surface area contributed by atoms with Crippen LogP contribution in [0.2, 0.25) is 0 Å². The molecule has 0 fully saturated rings. The van der Waals surface area contributed by atoms with E-state index in [-0.39, 0.29) is 6.04 Å². The van der Waals surface area contributed by atoms with Crippen molar-refractivity contribution in [3.8, 4) is 0 Å². The number of carbonyl (C=O) groups is 1. The van der Waals surface area contributed by atoms with Crippen molar-refractivity contribution >= 4 is 5.97 Å². The van der Waals surface area contributed by atoms with Crippen LogP contribution in [0.1, 0.15) is 59.3 Å². The van der Waals surface area contributed by atoms with Gasteiger partial charge >= 0.3 is 5.97 Å². The summed E-state index contributed by atoms with van der Waals surface area (Å²) < 4.78 is 0. The summed E-state index contributed by atoms with van der Waals surface area (Å²) in [6.07, 6.45) is 5.99. The largest absolute Gasteiger partial charge is 0.480 e. The molecule has 3 heteroatoms. The molecule has 15 heavy (non-hydrogen) atoms. The molecule has 0 saturated carbocycles. The first-order valence-electron chi connectivity index (χ1n) is 6.14. The fraction of sp³-hybridized carbons (Fsp3) is 0.917. The van der Waals surface area contributed by atoms with E-state index in [4.69, 9.17) is 5.11 Å². The van der Waals surface area contributed by atoms with Crippen LogP contribution < -0.4 is 5.32 Å². The molecule has 0 bridgehead atoms. The number of hydrogen-bond acceptors (Lipinski definition) is 2. The van der Waals surface area contributed by atoms with E-state index < -0.39 is 5.97 Å². The van der Waals surface area contributed by atoms with Crippen molar-refractivity contribution in [2.75, 3.05) is 0 Å². The molecule has 0 amide bonds. The van der Waals surface area contributed by atoms with Crippen LogP contribution in [0.15, 0.2) is 0 Å². The Hall–Kier alpha value is -0.570. The van der Waals surface area contributed by atoms with Crippen molar-refractivity contribution in [3.05, 3.63) is 0 Å². The second kappa shape index (κ2) is 8.72. The molecule has 0 spiro atoms. The SMILES string of the molecule is CCCC(CCC)N[C@@H](CCC)C(=O)O. The highest BCUT2D eigenvalue weighted by Gasteiger charge is 2.19. The van der Waals surface area contributed by atoms with Gasteiger partial charge < -0.3 is 10.4 Å². The molecule has 2 N–H and O–H groups in total. The minimum atomic E-state index is -0.714. The summed E-state index contributed by atoms with van der Waals surface area (Å²) in [6.45, 7) is 6.30. The summed E-state index contributed by atoms with van der Waals surface area (Å²) in [6, 6.07) is 0.00532. The van der Waals surface area contributed by atoms with Crippen LogP contribution in [0, 0.1) is 0 Å². The lowest BCUT2D eigenvalue weighted by atomic mass is 10.0. The van der Waals surface area contributed by atoms with Crippen LogP contribution >= 0.6 is 0 Å². The fourth-order valence-electron chi connectivity index (χ4n) is 1.86. The summed E-state index contributed by atoms with van der Waals surface area (Å²) in [5, 5.41) is 12.3.